The zero-order valence-corrected chi connectivity index (χ0v) is 20.0. The highest BCUT2D eigenvalue weighted by molar-refractivity contribution is 6.27. The average Bonchev–Trinajstić information content (AvgIpc) is 3.38. The second-order valence-corrected chi connectivity index (χ2v) is 8.33. The molecule has 1 aliphatic rings. The van der Waals surface area contributed by atoms with Crippen LogP contribution < -0.4 is 19.7 Å². The zero-order chi connectivity index (χ0) is 24.5. The van der Waals surface area contributed by atoms with E-state index in [0.717, 1.165) is 11.0 Å². The molecule has 9 nitrogen and oxygen atoms in total. The van der Waals surface area contributed by atoms with Crippen molar-refractivity contribution in [2.45, 2.75) is 31.7 Å². The molecule has 1 saturated heterocycles. The van der Waals surface area contributed by atoms with Crippen LogP contribution in [0.15, 0.2) is 47.5 Å². The fraction of sp³-hybridized carbons (Fsp3) is 0.360. The number of carbonyl (C=O) groups excluding carboxylic acids is 2. The molecule has 0 aliphatic carbocycles. The number of fused-ring (bicyclic) bond motifs is 1. The van der Waals surface area contributed by atoms with Gasteiger partial charge in [0.15, 0.2) is 5.78 Å². The molecule has 0 saturated carbocycles. The predicted octanol–water partition coefficient (Wildman–Crippen LogP) is 3.07. The molecule has 9 heteroatoms. The van der Waals surface area contributed by atoms with E-state index in [9.17, 15) is 9.59 Å². The third kappa shape index (κ3) is 3.87. The summed E-state index contributed by atoms with van der Waals surface area (Å²) in [6, 6.07) is 13.0. The van der Waals surface area contributed by atoms with E-state index >= 15 is 0 Å². The van der Waals surface area contributed by atoms with Crippen molar-refractivity contribution < 1.29 is 19.1 Å². The number of ketones is 1. The minimum atomic E-state index is -1.12. The lowest BCUT2D eigenvalue weighted by atomic mass is 9.91. The first-order chi connectivity index (χ1) is 16.4. The molecular formula is C25H29N5O4. The normalized spacial score (nSPS) is 21.3. The van der Waals surface area contributed by atoms with Crippen LogP contribution in [0.1, 0.15) is 32.0 Å². The van der Waals surface area contributed by atoms with Gasteiger partial charge in [-0.25, -0.2) is 4.98 Å². The average molecular weight is 464 g/mol. The maximum atomic E-state index is 14.1. The van der Waals surface area contributed by atoms with Crippen LogP contribution in [0.2, 0.25) is 0 Å². The number of aliphatic imine (C=N–C) groups is 1. The van der Waals surface area contributed by atoms with Crippen LogP contribution in [0.4, 0.5) is 5.69 Å². The Hall–Kier alpha value is -3.88. The second kappa shape index (κ2) is 9.17. The number of amides is 1. The summed E-state index contributed by atoms with van der Waals surface area (Å²) in [5, 5.41) is 2.90. The number of nitrogens with zero attached hydrogens (tertiary/aromatic N) is 3. The van der Waals surface area contributed by atoms with E-state index in [1.807, 2.05) is 48.2 Å². The van der Waals surface area contributed by atoms with Crippen LogP contribution in [0, 0.1) is 0 Å². The minimum Gasteiger partial charge on any atom is -0.497 e. The minimum absolute atomic E-state index is 0.105. The molecule has 178 valence electrons. The molecular weight excluding hydrogens is 434 g/mol. The van der Waals surface area contributed by atoms with Gasteiger partial charge >= 0.3 is 0 Å². The van der Waals surface area contributed by atoms with Crippen LogP contribution in [-0.2, 0) is 9.59 Å². The largest absolute Gasteiger partial charge is 0.497 e. The van der Waals surface area contributed by atoms with Crippen molar-refractivity contribution in [2.75, 3.05) is 32.7 Å². The predicted molar refractivity (Wildman–Crippen MR) is 131 cm³/mol. The summed E-state index contributed by atoms with van der Waals surface area (Å²) in [5.41, 5.74) is 1.14. The van der Waals surface area contributed by atoms with Crippen LogP contribution in [0.5, 0.6) is 11.5 Å². The van der Waals surface area contributed by atoms with E-state index in [1.54, 1.807) is 34.3 Å². The molecule has 2 N–H and O–H groups in total. The summed E-state index contributed by atoms with van der Waals surface area (Å²) in [6.07, 6.45) is 0.318. The summed E-state index contributed by atoms with van der Waals surface area (Å²) < 4.78 is 10.9. The monoisotopic (exact) mass is 463 g/mol. The van der Waals surface area contributed by atoms with Crippen LogP contribution >= 0.6 is 0 Å². The molecule has 2 aromatic carbocycles. The SMILES string of the molecule is CCC(=O)NCC1(C)C(=O)C(c2nc3ccccc3[nH]2)C(=NC)N1c1cc(OC)cc(OC)c1. The van der Waals surface area contributed by atoms with Crippen molar-refractivity contribution in [2.24, 2.45) is 4.99 Å². The first-order valence-corrected chi connectivity index (χ1v) is 11.1. The smallest absolute Gasteiger partial charge is 0.219 e. The van der Waals surface area contributed by atoms with E-state index in [0.29, 0.717) is 35.3 Å². The molecule has 1 amide bonds. The Labute approximate surface area is 198 Å². The van der Waals surface area contributed by atoms with Crippen molar-refractivity contribution >= 4 is 34.2 Å². The van der Waals surface area contributed by atoms with E-state index in [-0.39, 0.29) is 18.2 Å². The van der Waals surface area contributed by atoms with Crippen LogP contribution in [-0.4, -0.2) is 60.8 Å². The molecule has 34 heavy (non-hydrogen) atoms. The number of anilines is 1. The molecule has 1 aliphatic heterocycles. The number of nitrogens with one attached hydrogen (secondary N) is 2. The fourth-order valence-corrected chi connectivity index (χ4v) is 4.41. The highest BCUT2D eigenvalue weighted by Gasteiger charge is 2.56. The third-order valence-electron chi connectivity index (χ3n) is 6.23. The molecule has 1 fully saturated rings. The maximum absolute atomic E-state index is 14.1. The molecule has 4 rings (SSSR count). The Bertz CT molecular complexity index is 1210. The highest BCUT2D eigenvalue weighted by atomic mass is 16.5. The van der Waals surface area contributed by atoms with Crippen molar-refractivity contribution in [1.29, 1.82) is 0 Å². The van der Waals surface area contributed by atoms with Gasteiger partial charge in [-0.1, -0.05) is 19.1 Å². The summed E-state index contributed by atoms with van der Waals surface area (Å²) in [5.74, 6) is 1.18. The lowest BCUT2D eigenvalue weighted by molar-refractivity contribution is -0.123. The number of rotatable bonds is 7. The van der Waals surface area contributed by atoms with E-state index in [4.69, 9.17) is 14.5 Å². The molecule has 3 aromatic rings. The standard InChI is InChI=1S/C25H29N5O4/c1-6-20(31)27-14-25(2)22(32)21(23-28-18-9-7-8-10-19(18)29-23)24(26-3)30(25)15-11-16(33-4)13-17(12-15)34-5/h7-13,21H,6,14H2,1-5H3,(H,27,31)(H,28,29). The van der Waals surface area contributed by atoms with Gasteiger partial charge in [0.1, 0.15) is 34.6 Å². The number of amidine groups is 1. The van der Waals surface area contributed by atoms with Gasteiger partial charge in [-0.3, -0.25) is 14.6 Å². The van der Waals surface area contributed by atoms with E-state index in [2.05, 4.69) is 15.3 Å². The fourth-order valence-electron chi connectivity index (χ4n) is 4.41. The third-order valence-corrected chi connectivity index (χ3v) is 6.23. The lowest BCUT2D eigenvalue weighted by Crippen LogP contribution is -2.55. The number of carbonyl (C=O) groups is 2. The maximum Gasteiger partial charge on any atom is 0.219 e. The van der Waals surface area contributed by atoms with Gasteiger partial charge in [-0.15, -0.1) is 0 Å². The topological polar surface area (TPSA) is 109 Å². The first-order valence-electron chi connectivity index (χ1n) is 11.1. The quantitative estimate of drug-likeness (QED) is 0.557. The first kappa shape index (κ1) is 23.3. The molecule has 0 spiro atoms. The van der Waals surface area contributed by atoms with Gasteiger partial charge < -0.3 is 24.7 Å². The zero-order valence-electron chi connectivity index (χ0n) is 20.0. The summed E-state index contributed by atoms with van der Waals surface area (Å²) in [4.78, 5) is 40.6. The summed E-state index contributed by atoms with van der Waals surface area (Å²) in [7, 11) is 4.79. The number of para-hydroxylation sites is 2. The molecule has 0 bridgehead atoms. The van der Waals surface area contributed by atoms with Crippen molar-refractivity contribution in [3.05, 3.63) is 48.3 Å². The number of aromatic nitrogens is 2. The van der Waals surface area contributed by atoms with Crippen molar-refractivity contribution in [3.8, 4) is 11.5 Å². The van der Waals surface area contributed by atoms with Crippen molar-refractivity contribution in [1.82, 2.24) is 15.3 Å². The molecule has 2 atom stereocenters. The highest BCUT2D eigenvalue weighted by Crippen LogP contribution is 2.42. The number of Topliss-reactive ketones (excluding diaryl/α,β-unsaturated/α-hetero) is 1. The molecule has 0 radical (unpaired) electrons. The Kier molecular flexibility index (Phi) is 6.28. The van der Waals surface area contributed by atoms with Gasteiger partial charge in [0.05, 0.1) is 30.9 Å². The second-order valence-electron chi connectivity index (χ2n) is 8.33. The van der Waals surface area contributed by atoms with Gasteiger partial charge in [0.2, 0.25) is 5.91 Å². The number of hydrogen-bond donors (Lipinski definition) is 2. The van der Waals surface area contributed by atoms with Gasteiger partial charge in [0.25, 0.3) is 0 Å². The Balaban J connectivity index is 1.88. The molecule has 1 aromatic heterocycles. The number of ether oxygens (including phenoxy) is 2. The summed E-state index contributed by atoms with van der Waals surface area (Å²) in [6.45, 7) is 3.69. The summed E-state index contributed by atoms with van der Waals surface area (Å²) >= 11 is 0. The van der Waals surface area contributed by atoms with Gasteiger partial charge in [-0.2, -0.15) is 0 Å². The number of imidazole rings is 1. The van der Waals surface area contributed by atoms with Crippen molar-refractivity contribution in [3.63, 3.8) is 0 Å². The number of benzene rings is 2. The number of H-pyrrole nitrogens is 1. The van der Waals surface area contributed by atoms with Crippen LogP contribution in [0.3, 0.4) is 0 Å². The number of methoxy groups -OCH3 is 2. The molecule has 2 heterocycles. The lowest BCUT2D eigenvalue weighted by Gasteiger charge is -2.35. The Morgan fingerprint density at radius 3 is 2.47 bits per heavy atom. The Morgan fingerprint density at radius 1 is 1.21 bits per heavy atom. The number of aromatic amines is 1. The Morgan fingerprint density at radius 2 is 1.88 bits per heavy atom. The molecule has 2 unspecified atom stereocenters. The van der Waals surface area contributed by atoms with Gasteiger partial charge in [-0.05, 0) is 19.1 Å². The van der Waals surface area contributed by atoms with Gasteiger partial charge in [0, 0.05) is 38.2 Å². The van der Waals surface area contributed by atoms with E-state index < -0.39 is 11.5 Å². The van der Waals surface area contributed by atoms with E-state index in [1.165, 1.54) is 0 Å². The number of hydrogen-bond acceptors (Lipinski definition) is 6. The van der Waals surface area contributed by atoms with Crippen LogP contribution in [0.25, 0.3) is 11.0 Å².